The Kier molecular flexibility index (Phi) is 6.03. The Labute approximate surface area is 145 Å². The average molecular weight is 354 g/mol. The molecular formula is C18H18Cl2FNO. The fourth-order valence-corrected chi connectivity index (χ4v) is 2.65. The van der Waals surface area contributed by atoms with Crippen LogP contribution in [0.1, 0.15) is 30.6 Å². The van der Waals surface area contributed by atoms with Crippen LogP contribution >= 0.6 is 23.2 Å². The molecule has 0 atom stereocenters. The van der Waals surface area contributed by atoms with Gasteiger partial charge in [0.05, 0.1) is 10.6 Å². The molecule has 0 N–H and O–H groups in total. The predicted octanol–water partition coefficient (Wildman–Crippen LogP) is 5.83. The number of carbonyl (C=O) groups excluding carboxylic acids is 1. The van der Waals surface area contributed by atoms with Crippen LogP contribution in [0.5, 0.6) is 0 Å². The van der Waals surface area contributed by atoms with Crippen LogP contribution in [0.25, 0.3) is 0 Å². The van der Waals surface area contributed by atoms with Crippen LogP contribution in [0.2, 0.25) is 10.0 Å². The first-order chi connectivity index (χ1) is 10.9. The summed E-state index contributed by atoms with van der Waals surface area (Å²) in [5, 5.41) is 0.779. The van der Waals surface area contributed by atoms with Crippen LogP contribution in [0.15, 0.2) is 42.5 Å². The number of amides is 1. The molecule has 0 aliphatic rings. The molecule has 122 valence electrons. The van der Waals surface area contributed by atoms with Crippen molar-refractivity contribution in [3.8, 4) is 0 Å². The van der Waals surface area contributed by atoms with E-state index in [1.165, 1.54) is 12.1 Å². The first-order valence-electron chi connectivity index (χ1n) is 7.41. The lowest BCUT2D eigenvalue weighted by molar-refractivity contribution is 0.0986. The lowest BCUT2D eigenvalue weighted by Gasteiger charge is -2.24. The van der Waals surface area contributed by atoms with Crippen molar-refractivity contribution in [2.75, 3.05) is 11.4 Å². The van der Waals surface area contributed by atoms with Gasteiger partial charge in [-0.05, 0) is 54.8 Å². The summed E-state index contributed by atoms with van der Waals surface area (Å²) < 4.78 is 13.2. The van der Waals surface area contributed by atoms with E-state index in [4.69, 9.17) is 23.2 Å². The van der Waals surface area contributed by atoms with E-state index in [-0.39, 0.29) is 11.7 Å². The van der Waals surface area contributed by atoms with Crippen molar-refractivity contribution < 1.29 is 9.18 Å². The second-order valence-electron chi connectivity index (χ2n) is 5.74. The highest BCUT2D eigenvalue weighted by Gasteiger charge is 2.20. The molecule has 0 radical (unpaired) electrons. The van der Waals surface area contributed by atoms with E-state index in [2.05, 4.69) is 13.8 Å². The summed E-state index contributed by atoms with van der Waals surface area (Å²) in [6.45, 7) is 4.70. The summed E-state index contributed by atoms with van der Waals surface area (Å²) in [4.78, 5) is 14.5. The number of hydrogen-bond donors (Lipinski definition) is 0. The molecule has 0 fully saturated rings. The quantitative estimate of drug-likeness (QED) is 0.662. The van der Waals surface area contributed by atoms with E-state index >= 15 is 0 Å². The van der Waals surface area contributed by atoms with Crippen molar-refractivity contribution >= 4 is 34.8 Å². The zero-order valence-electron chi connectivity index (χ0n) is 13.0. The zero-order valence-corrected chi connectivity index (χ0v) is 14.5. The van der Waals surface area contributed by atoms with Gasteiger partial charge in [-0.2, -0.15) is 0 Å². The van der Waals surface area contributed by atoms with Gasteiger partial charge in [-0.1, -0.05) is 37.0 Å². The van der Waals surface area contributed by atoms with Crippen molar-refractivity contribution in [2.24, 2.45) is 5.92 Å². The van der Waals surface area contributed by atoms with Gasteiger partial charge < -0.3 is 4.90 Å². The topological polar surface area (TPSA) is 20.3 Å². The first-order valence-corrected chi connectivity index (χ1v) is 8.16. The zero-order chi connectivity index (χ0) is 17.0. The molecule has 0 spiro atoms. The molecule has 0 unspecified atom stereocenters. The Hall–Kier alpha value is -1.58. The highest BCUT2D eigenvalue weighted by Crippen LogP contribution is 2.25. The minimum atomic E-state index is -0.338. The lowest BCUT2D eigenvalue weighted by atomic mass is 10.1. The molecule has 0 aromatic heterocycles. The highest BCUT2D eigenvalue weighted by atomic mass is 35.5. The SMILES string of the molecule is CC(C)CCN(C(=O)c1ccc(Cl)cc1Cl)c1ccc(F)cc1. The molecular weight excluding hydrogens is 336 g/mol. The van der Waals surface area contributed by atoms with Gasteiger partial charge in [0.2, 0.25) is 0 Å². The number of rotatable bonds is 5. The van der Waals surface area contributed by atoms with Crippen LogP contribution in [0.3, 0.4) is 0 Å². The average Bonchev–Trinajstić information content (AvgIpc) is 2.48. The van der Waals surface area contributed by atoms with Gasteiger partial charge in [0, 0.05) is 17.3 Å². The normalized spacial score (nSPS) is 10.9. The largest absolute Gasteiger partial charge is 0.308 e. The summed E-state index contributed by atoms with van der Waals surface area (Å²) in [5.41, 5.74) is 1.02. The monoisotopic (exact) mass is 353 g/mol. The fourth-order valence-electron chi connectivity index (χ4n) is 2.16. The number of benzene rings is 2. The Morgan fingerprint density at radius 3 is 2.35 bits per heavy atom. The number of anilines is 1. The van der Waals surface area contributed by atoms with Gasteiger partial charge in [-0.3, -0.25) is 4.79 Å². The van der Waals surface area contributed by atoms with Gasteiger partial charge in [0.15, 0.2) is 0 Å². The van der Waals surface area contributed by atoms with E-state index < -0.39 is 0 Å². The maximum absolute atomic E-state index is 13.2. The summed E-state index contributed by atoms with van der Waals surface area (Å²) in [6.07, 6.45) is 0.828. The summed E-state index contributed by atoms with van der Waals surface area (Å²) >= 11 is 12.0. The van der Waals surface area contributed by atoms with Gasteiger partial charge in [-0.15, -0.1) is 0 Å². The minimum Gasteiger partial charge on any atom is -0.308 e. The molecule has 0 heterocycles. The van der Waals surface area contributed by atoms with Gasteiger partial charge in [0.1, 0.15) is 5.82 Å². The van der Waals surface area contributed by atoms with Gasteiger partial charge in [0.25, 0.3) is 5.91 Å². The Morgan fingerprint density at radius 2 is 1.78 bits per heavy atom. The fraction of sp³-hybridized carbons (Fsp3) is 0.278. The summed E-state index contributed by atoms with van der Waals surface area (Å²) in [6, 6.07) is 10.7. The standard InChI is InChI=1S/C18H18Cl2FNO/c1-12(2)9-10-22(15-6-4-14(21)5-7-15)18(23)16-8-3-13(19)11-17(16)20/h3-8,11-12H,9-10H2,1-2H3. The summed E-state index contributed by atoms with van der Waals surface area (Å²) in [7, 11) is 0. The van der Waals surface area contributed by atoms with Crippen LogP contribution in [-0.4, -0.2) is 12.5 Å². The molecule has 0 bridgehead atoms. The lowest BCUT2D eigenvalue weighted by Crippen LogP contribution is -2.32. The minimum absolute atomic E-state index is 0.223. The maximum atomic E-state index is 13.2. The highest BCUT2D eigenvalue weighted by molar-refractivity contribution is 6.37. The van der Waals surface area contributed by atoms with Crippen molar-refractivity contribution in [2.45, 2.75) is 20.3 Å². The molecule has 23 heavy (non-hydrogen) atoms. The number of carbonyl (C=O) groups is 1. The number of nitrogens with zero attached hydrogens (tertiary/aromatic N) is 1. The van der Waals surface area contributed by atoms with E-state index in [1.54, 1.807) is 35.2 Å². The second-order valence-corrected chi connectivity index (χ2v) is 6.58. The van der Waals surface area contributed by atoms with Crippen LogP contribution in [0.4, 0.5) is 10.1 Å². The molecule has 2 nitrogen and oxygen atoms in total. The third-order valence-corrected chi connectivity index (χ3v) is 4.02. The van der Waals surface area contributed by atoms with Gasteiger partial charge in [-0.25, -0.2) is 4.39 Å². The third-order valence-electron chi connectivity index (χ3n) is 3.48. The number of hydrogen-bond acceptors (Lipinski definition) is 1. The van der Waals surface area contributed by atoms with Crippen LogP contribution < -0.4 is 4.90 Å². The van der Waals surface area contributed by atoms with Gasteiger partial charge >= 0.3 is 0 Å². The molecule has 0 aliphatic carbocycles. The molecule has 5 heteroatoms. The van der Waals surface area contributed by atoms with Crippen LogP contribution in [0, 0.1) is 11.7 Å². The van der Waals surface area contributed by atoms with E-state index in [9.17, 15) is 9.18 Å². The molecule has 0 saturated heterocycles. The smallest absolute Gasteiger partial charge is 0.259 e. The molecule has 2 aromatic carbocycles. The second kappa shape index (κ2) is 7.80. The molecule has 1 amide bonds. The van der Waals surface area contributed by atoms with E-state index in [0.717, 1.165) is 6.42 Å². The van der Waals surface area contributed by atoms with E-state index in [0.29, 0.717) is 33.8 Å². The maximum Gasteiger partial charge on any atom is 0.259 e. The van der Waals surface area contributed by atoms with E-state index in [1.807, 2.05) is 0 Å². The van der Waals surface area contributed by atoms with Crippen LogP contribution in [-0.2, 0) is 0 Å². The predicted molar refractivity (Wildman–Crippen MR) is 94.0 cm³/mol. The Morgan fingerprint density at radius 1 is 1.13 bits per heavy atom. The molecule has 2 rings (SSSR count). The first kappa shape index (κ1) is 17.8. The van der Waals surface area contributed by atoms with Crippen molar-refractivity contribution in [1.29, 1.82) is 0 Å². The molecule has 2 aromatic rings. The van der Waals surface area contributed by atoms with Crippen molar-refractivity contribution in [1.82, 2.24) is 0 Å². The van der Waals surface area contributed by atoms with Crippen molar-refractivity contribution in [3.63, 3.8) is 0 Å². The van der Waals surface area contributed by atoms with Crippen molar-refractivity contribution in [3.05, 3.63) is 63.9 Å². The molecule has 0 saturated carbocycles. The number of halogens is 3. The molecule has 0 aliphatic heterocycles. The summed E-state index contributed by atoms with van der Waals surface area (Å²) in [5.74, 6) is -0.125. The Bertz CT molecular complexity index is 686. The third kappa shape index (κ3) is 4.69. The Balaban J connectivity index is 2.35.